The van der Waals surface area contributed by atoms with Crippen LogP contribution in [0.1, 0.15) is 52.4 Å². The van der Waals surface area contributed by atoms with E-state index in [0.29, 0.717) is 22.6 Å². The molecular formula is C19H19ClN2O2S. The smallest absolute Gasteiger partial charge is 0.287 e. The fraction of sp³-hybridized carbons (Fsp3) is 0.368. The first-order valence-electron chi connectivity index (χ1n) is 8.39. The Morgan fingerprint density at radius 1 is 1.44 bits per heavy atom. The van der Waals surface area contributed by atoms with Crippen molar-refractivity contribution in [1.82, 2.24) is 5.32 Å². The van der Waals surface area contributed by atoms with Gasteiger partial charge in [0.25, 0.3) is 5.91 Å². The lowest BCUT2D eigenvalue weighted by Gasteiger charge is -2.22. The van der Waals surface area contributed by atoms with Crippen LogP contribution >= 0.6 is 23.4 Å². The molecule has 0 bridgehead atoms. The number of carbonyl (C=O) groups excluding carboxylic acids is 1. The second kappa shape index (κ2) is 6.54. The van der Waals surface area contributed by atoms with Crippen molar-refractivity contribution in [2.45, 2.75) is 44.5 Å². The maximum atomic E-state index is 12.6. The quantitative estimate of drug-likeness (QED) is 0.847. The fourth-order valence-electron chi connectivity index (χ4n) is 3.62. The number of nitrogens with zero attached hydrogens (tertiary/aromatic N) is 1. The van der Waals surface area contributed by atoms with Gasteiger partial charge < -0.3 is 9.73 Å². The SMILES string of the molecule is CC1=N[C@@H]2c3c(oc(C(=O)NCc4cccc(Cl)c4)c3C)CC[C@H]2S1. The van der Waals surface area contributed by atoms with E-state index in [2.05, 4.69) is 12.2 Å². The van der Waals surface area contributed by atoms with Crippen molar-refractivity contribution >= 4 is 34.3 Å². The van der Waals surface area contributed by atoms with Crippen LogP contribution in [0, 0.1) is 6.92 Å². The van der Waals surface area contributed by atoms with E-state index in [1.54, 1.807) is 0 Å². The van der Waals surface area contributed by atoms with Gasteiger partial charge in [-0.1, -0.05) is 23.7 Å². The van der Waals surface area contributed by atoms with Crippen molar-refractivity contribution in [3.63, 3.8) is 0 Å². The molecule has 0 saturated carbocycles. The third-order valence-corrected chi connectivity index (χ3v) is 6.24. The molecule has 2 aliphatic rings. The van der Waals surface area contributed by atoms with Crippen LogP contribution in [0.15, 0.2) is 33.7 Å². The highest BCUT2D eigenvalue weighted by Crippen LogP contribution is 2.47. The van der Waals surface area contributed by atoms with E-state index in [0.717, 1.165) is 40.3 Å². The molecule has 1 aromatic heterocycles. The first kappa shape index (κ1) is 16.7. The van der Waals surface area contributed by atoms with Gasteiger partial charge in [-0.15, -0.1) is 11.8 Å². The second-order valence-corrected chi connectivity index (χ2v) is 8.36. The molecule has 6 heteroatoms. The molecule has 0 saturated heterocycles. The predicted octanol–water partition coefficient (Wildman–Crippen LogP) is 4.69. The molecule has 1 aliphatic heterocycles. The molecule has 1 aliphatic carbocycles. The Hall–Kier alpha value is -1.72. The lowest BCUT2D eigenvalue weighted by molar-refractivity contribution is 0.0920. The van der Waals surface area contributed by atoms with Gasteiger partial charge >= 0.3 is 0 Å². The molecule has 25 heavy (non-hydrogen) atoms. The molecule has 1 amide bonds. The van der Waals surface area contributed by atoms with E-state index in [-0.39, 0.29) is 11.9 Å². The van der Waals surface area contributed by atoms with Crippen LogP contribution in [0.5, 0.6) is 0 Å². The van der Waals surface area contributed by atoms with Gasteiger partial charge in [0.15, 0.2) is 5.76 Å². The molecule has 1 N–H and O–H groups in total. The van der Waals surface area contributed by atoms with Gasteiger partial charge in [-0.3, -0.25) is 9.79 Å². The van der Waals surface area contributed by atoms with Crippen molar-refractivity contribution in [3.05, 3.63) is 57.5 Å². The van der Waals surface area contributed by atoms with Crippen molar-refractivity contribution in [2.75, 3.05) is 0 Å². The van der Waals surface area contributed by atoms with Gasteiger partial charge in [0.05, 0.1) is 11.1 Å². The fourth-order valence-corrected chi connectivity index (χ4v) is 5.01. The Morgan fingerprint density at radius 3 is 3.08 bits per heavy atom. The number of aryl methyl sites for hydroxylation is 1. The summed E-state index contributed by atoms with van der Waals surface area (Å²) in [7, 11) is 0. The van der Waals surface area contributed by atoms with Gasteiger partial charge in [0, 0.05) is 34.4 Å². The maximum absolute atomic E-state index is 12.6. The molecular weight excluding hydrogens is 356 g/mol. The van der Waals surface area contributed by atoms with E-state index in [1.807, 2.05) is 43.0 Å². The van der Waals surface area contributed by atoms with Crippen LogP contribution in [-0.2, 0) is 13.0 Å². The molecule has 0 spiro atoms. The molecule has 2 atom stereocenters. The highest BCUT2D eigenvalue weighted by Gasteiger charge is 2.39. The highest BCUT2D eigenvalue weighted by atomic mass is 35.5. The van der Waals surface area contributed by atoms with Crippen molar-refractivity contribution in [1.29, 1.82) is 0 Å². The summed E-state index contributed by atoms with van der Waals surface area (Å²) in [6.07, 6.45) is 1.91. The Balaban J connectivity index is 1.55. The number of thioether (sulfide) groups is 1. The minimum atomic E-state index is -0.185. The Morgan fingerprint density at radius 2 is 2.28 bits per heavy atom. The minimum Gasteiger partial charge on any atom is -0.455 e. The molecule has 4 nitrogen and oxygen atoms in total. The maximum Gasteiger partial charge on any atom is 0.287 e. The van der Waals surface area contributed by atoms with Crippen molar-refractivity contribution in [3.8, 4) is 0 Å². The summed E-state index contributed by atoms with van der Waals surface area (Å²) in [5, 5.41) is 5.19. The Kier molecular flexibility index (Phi) is 4.38. The van der Waals surface area contributed by atoms with Gasteiger partial charge in [-0.25, -0.2) is 0 Å². The van der Waals surface area contributed by atoms with E-state index >= 15 is 0 Å². The van der Waals surface area contributed by atoms with Gasteiger partial charge in [-0.05, 0) is 38.0 Å². The monoisotopic (exact) mass is 374 g/mol. The number of aliphatic imine (C=N–C) groups is 1. The summed E-state index contributed by atoms with van der Waals surface area (Å²) in [4.78, 5) is 17.4. The predicted molar refractivity (Wildman–Crippen MR) is 102 cm³/mol. The largest absolute Gasteiger partial charge is 0.455 e. The molecule has 130 valence electrons. The Bertz CT molecular complexity index is 874. The van der Waals surface area contributed by atoms with Crippen molar-refractivity contribution in [2.24, 2.45) is 4.99 Å². The number of halogens is 1. The summed E-state index contributed by atoms with van der Waals surface area (Å²) >= 11 is 7.83. The number of furan rings is 1. The molecule has 1 aromatic carbocycles. The number of amides is 1. The number of hydrogen-bond acceptors (Lipinski definition) is 4. The number of hydrogen-bond donors (Lipinski definition) is 1. The Labute approximate surface area is 156 Å². The number of benzene rings is 1. The van der Waals surface area contributed by atoms with Crippen LogP contribution in [0.25, 0.3) is 0 Å². The lowest BCUT2D eigenvalue weighted by Crippen LogP contribution is -2.23. The van der Waals surface area contributed by atoms with E-state index in [4.69, 9.17) is 21.0 Å². The summed E-state index contributed by atoms with van der Waals surface area (Å²) in [6.45, 7) is 4.44. The first-order valence-corrected chi connectivity index (χ1v) is 9.64. The van der Waals surface area contributed by atoms with Crippen LogP contribution < -0.4 is 5.32 Å². The van der Waals surface area contributed by atoms with E-state index in [9.17, 15) is 4.79 Å². The minimum absolute atomic E-state index is 0.131. The summed E-state index contributed by atoms with van der Waals surface area (Å²) in [6, 6.07) is 7.60. The van der Waals surface area contributed by atoms with Gasteiger partial charge in [-0.2, -0.15) is 0 Å². The molecule has 0 fully saturated rings. The zero-order valence-electron chi connectivity index (χ0n) is 14.1. The third kappa shape index (κ3) is 3.11. The average Bonchev–Trinajstić information content (AvgIpc) is 3.12. The summed E-state index contributed by atoms with van der Waals surface area (Å²) in [5.74, 6) is 1.15. The van der Waals surface area contributed by atoms with Crippen LogP contribution in [0.3, 0.4) is 0 Å². The average molecular weight is 375 g/mol. The van der Waals surface area contributed by atoms with Crippen LogP contribution in [0.4, 0.5) is 0 Å². The molecule has 0 unspecified atom stereocenters. The topological polar surface area (TPSA) is 54.6 Å². The standard InChI is InChI=1S/C19H19ClN2O2S/c1-10-16-14(6-7-15-17(16)22-11(2)25-15)24-18(10)19(23)21-9-12-4-3-5-13(20)8-12/h3-5,8,15,17H,6-7,9H2,1-2H3,(H,21,23)/t15-,17+/m1/s1. The van der Waals surface area contributed by atoms with Gasteiger partial charge in [0.2, 0.25) is 0 Å². The molecule has 2 heterocycles. The zero-order valence-corrected chi connectivity index (χ0v) is 15.7. The lowest BCUT2D eigenvalue weighted by atomic mass is 9.90. The van der Waals surface area contributed by atoms with Crippen molar-refractivity contribution < 1.29 is 9.21 Å². The number of rotatable bonds is 3. The van der Waals surface area contributed by atoms with E-state index < -0.39 is 0 Å². The number of carbonyl (C=O) groups is 1. The molecule has 2 aromatic rings. The second-order valence-electron chi connectivity index (χ2n) is 6.49. The third-order valence-electron chi connectivity index (χ3n) is 4.77. The first-order chi connectivity index (χ1) is 12.0. The summed E-state index contributed by atoms with van der Waals surface area (Å²) in [5.41, 5.74) is 3.00. The highest BCUT2D eigenvalue weighted by molar-refractivity contribution is 8.14. The number of fused-ring (bicyclic) bond motifs is 3. The molecule has 0 radical (unpaired) electrons. The normalized spacial score (nSPS) is 21.5. The summed E-state index contributed by atoms with van der Waals surface area (Å²) < 4.78 is 5.94. The number of nitrogens with one attached hydrogen (secondary N) is 1. The van der Waals surface area contributed by atoms with E-state index in [1.165, 1.54) is 0 Å². The zero-order chi connectivity index (χ0) is 17.6. The van der Waals surface area contributed by atoms with Crippen LogP contribution in [-0.4, -0.2) is 16.2 Å². The molecule has 4 rings (SSSR count). The van der Waals surface area contributed by atoms with Crippen LogP contribution in [0.2, 0.25) is 5.02 Å². The van der Waals surface area contributed by atoms with Gasteiger partial charge in [0.1, 0.15) is 5.76 Å².